The van der Waals surface area contributed by atoms with Crippen LogP contribution < -0.4 is 4.74 Å². The third kappa shape index (κ3) is 4.81. The summed E-state index contributed by atoms with van der Waals surface area (Å²) < 4.78 is 11.2. The number of thiophene rings is 1. The standard InChI is InChI=1S/C24H24N4O3S/c29-24(28-10-3-9-27(11-12-28)16-21-5-2-13-32-21)23-15-20(31-26-23)17-30-19-6-7-22-18(14-19)4-1-8-25-22/h1-2,4-8,13-15H,3,9-12,16-17H2. The zero-order valence-electron chi connectivity index (χ0n) is 17.6. The maximum absolute atomic E-state index is 12.9. The van der Waals surface area contributed by atoms with Gasteiger partial charge < -0.3 is 14.2 Å². The van der Waals surface area contributed by atoms with E-state index in [0.29, 0.717) is 23.7 Å². The molecule has 0 spiro atoms. The fourth-order valence-electron chi connectivity index (χ4n) is 3.90. The van der Waals surface area contributed by atoms with Gasteiger partial charge in [-0.2, -0.15) is 0 Å². The van der Waals surface area contributed by atoms with Crippen LogP contribution >= 0.6 is 11.3 Å². The minimum absolute atomic E-state index is 0.0882. The molecule has 0 atom stereocenters. The number of rotatable bonds is 6. The number of hydrogen-bond donors (Lipinski definition) is 0. The highest BCUT2D eigenvalue weighted by atomic mass is 32.1. The molecule has 8 heteroatoms. The molecule has 1 fully saturated rings. The van der Waals surface area contributed by atoms with Crippen molar-refractivity contribution >= 4 is 28.1 Å². The Labute approximate surface area is 190 Å². The molecule has 1 aliphatic heterocycles. The number of aromatic nitrogens is 2. The summed E-state index contributed by atoms with van der Waals surface area (Å²) in [4.78, 5) is 22.9. The van der Waals surface area contributed by atoms with Crippen molar-refractivity contribution in [2.75, 3.05) is 26.2 Å². The highest BCUT2D eigenvalue weighted by Crippen LogP contribution is 2.20. The molecular weight excluding hydrogens is 424 g/mol. The largest absolute Gasteiger partial charge is 0.486 e. The van der Waals surface area contributed by atoms with Crippen molar-refractivity contribution in [2.24, 2.45) is 0 Å². The Morgan fingerprint density at radius 3 is 2.97 bits per heavy atom. The number of carbonyl (C=O) groups is 1. The number of amides is 1. The van der Waals surface area contributed by atoms with E-state index in [1.165, 1.54) is 4.88 Å². The molecule has 1 amide bonds. The number of ether oxygens (including phenoxy) is 1. The number of benzene rings is 1. The highest BCUT2D eigenvalue weighted by Gasteiger charge is 2.23. The molecule has 7 nitrogen and oxygen atoms in total. The van der Waals surface area contributed by atoms with Gasteiger partial charge in [-0.25, -0.2) is 0 Å². The summed E-state index contributed by atoms with van der Waals surface area (Å²) in [5.74, 6) is 1.15. The van der Waals surface area contributed by atoms with E-state index < -0.39 is 0 Å². The van der Waals surface area contributed by atoms with E-state index in [2.05, 4.69) is 32.6 Å². The lowest BCUT2D eigenvalue weighted by Gasteiger charge is -2.20. The molecule has 164 valence electrons. The first-order chi connectivity index (χ1) is 15.7. The van der Waals surface area contributed by atoms with Crippen molar-refractivity contribution in [3.05, 3.63) is 76.4 Å². The van der Waals surface area contributed by atoms with Crippen LogP contribution in [0.1, 0.15) is 27.5 Å². The van der Waals surface area contributed by atoms with Crippen molar-refractivity contribution in [1.29, 1.82) is 0 Å². The quantitative estimate of drug-likeness (QED) is 0.440. The van der Waals surface area contributed by atoms with Crippen LogP contribution in [0.25, 0.3) is 10.9 Å². The second kappa shape index (κ2) is 9.50. The van der Waals surface area contributed by atoms with Crippen LogP contribution in [-0.2, 0) is 13.2 Å². The topological polar surface area (TPSA) is 71.7 Å². The number of hydrogen-bond acceptors (Lipinski definition) is 7. The maximum atomic E-state index is 12.9. The lowest BCUT2D eigenvalue weighted by molar-refractivity contribution is 0.0750. The minimum Gasteiger partial charge on any atom is -0.486 e. The molecular formula is C24H24N4O3S. The number of carbonyl (C=O) groups excluding carboxylic acids is 1. The number of nitrogens with zero attached hydrogens (tertiary/aromatic N) is 4. The van der Waals surface area contributed by atoms with E-state index in [1.54, 1.807) is 23.6 Å². The highest BCUT2D eigenvalue weighted by molar-refractivity contribution is 7.09. The van der Waals surface area contributed by atoms with Gasteiger partial charge in [0.25, 0.3) is 5.91 Å². The third-order valence-electron chi connectivity index (χ3n) is 5.57. The lowest BCUT2D eigenvalue weighted by atomic mass is 10.2. The van der Waals surface area contributed by atoms with Crippen molar-refractivity contribution in [2.45, 2.75) is 19.6 Å². The van der Waals surface area contributed by atoms with Crippen LogP contribution in [0.5, 0.6) is 5.75 Å². The van der Waals surface area contributed by atoms with E-state index in [9.17, 15) is 4.79 Å². The molecule has 0 bridgehead atoms. The van der Waals surface area contributed by atoms with Gasteiger partial charge in [0.15, 0.2) is 11.5 Å². The van der Waals surface area contributed by atoms with Crippen LogP contribution in [0.4, 0.5) is 0 Å². The van der Waals surface area contributed by atoms with Gasteiger partial charge >= 0.3 is 0 Å². The molecule has 1 aliphatic rings. The molecule has 0 aliphatic carbocycles. The molecule has 4 aromatic rings. The van der Waals surface area contributed by atoms with Gasteiger partial charge in [0.2, 0.25) is 0 Å². The van der Waals surface area contributed by atoms with Crippen molar-refractivity contribution < 1.29 is 14.1 Å². The van der Waals surface area contributed by atoms with Crippen LogP contribution in [0.2, 0.25) is 0 Å². The summed E-state index contributed by atoms with van der Waals surface area (Å²) in [7, 11) is 0. The van der Waals surface area contributed by atoms with Gasteiger partial charge in [0.1, 0.15) is 12.4 Å². The zero-order valence-corrected chi connectivity index (χ0v) is 18.5. The fraction of sp³-hybridized carbons (Fsp3) is 0.292. The fourth-order valence-corrected chi connectivity index (χ4v) is 4.64. The minimum atomic E-state index is -0.0882. The first-order valence-electron chi connectivity index (χ1n) is 10.7. The Hall–Kier alpha value is -3.23. The van der Waals surface area contributed by atoms with Gasteiger partial charge in [-0.05, 0) is 42.1 Å². The first kappa shape index (κ1) is 20.7. The van der Waals surface area contributed by atoms with Gasteiger partial charge in [-0.3, -0.25) is 14.7 Å². The van der Waals surface area contributed by atoms with E-state index in [1.807, 2.05) is 35.2 Å². The zero-order chi connectivity index (χ0) is 21.8. The van der Waals surface area contributed by atoms with E-state index in [-0.39, 0.29) is 12.5 Å². The molecule has 0 radical (unpaired) electrons. The Kier molecular flexibility index (Phi) is 6.13. The predicted octanol–water partition coefficient (Wildman–Crippen LogP) is 4.21. The van der Waals surface area contributed by atoms with E-state index in [0.717, 1.165) is 43.5 Å². The summed E-state index contributed by atoms with van der Waals surface area (Å²) >= 11 is 1.77. The Bertz CT molecular complexity index is 1190. The van der Waals surface area contributed by atoms with Crippen LogP contribution in [0, 0.1) is 0 Å². The Morgan fingerprint density at radius 2 is 2.06 bits per heavy atom. The summed E-state index contributed by atoms with van der Waals surface area (Å²) in [5, 5.41) is 7.11. The van der Waals surface area contributed by atoms with Gasteiger partial charge in [0, 0.05) is 55.3 Å². The number of pyridine rings is 1. The molecule has 0 N–H and O–H groups in total. The Morgan fingerprint density at radius 1 is 1.09 bits per heavy atom. The predicted molar refractivity (Wildman–Crippen MR) is 123 cm³/mol. The van der Waals surface area contributed by atoms with Crippen LogP contribution in [-0.4, -0.2) is 52.0 Å². The molecule has 5 rings (SSSR count). The van der Waals surface area contributed by atoms with E-state index >= 15 is 0 Å². The first-order valence-corrected chi connectivity index (χ1v) is 11.6. The molecule has 0 unspecified atom stereocenters. The molecule has 3 aromatic heterocycles. The monoisotopic (exact) mass is 448 g/mol. The second-order valence-electron chi connectivity index (χ2n) is 7.83. The number of fused-ring (bicyclic) bond motifs is 1. The smallest absolute Gasteiger partial charge is 0.276 e. The summed E-state index contributed by atoms with van der Waals surface area (Å²) in [5.41, 5.74) is 1.25. The Balaban J connectivity index is 1.17. The van der Waals surface area contributed by atoms with Gasteiger partial charge in [-0.15, -0.1) is 11.3 Å². The second-order valence-corrected chi connectivity index (χ2v) is 8.86. The average Bonchev–Trinajstić information content (AvgIpc) is 3.46. The molecule has 1 aromatic carbocycles. The van der Waals surface area contributed by atoms with Crippen LogP contribution in [0.3, 0.4) is 0 Å². The normalized spacial score (nSPS) is 15.1. The summed E-state index contributed by atoms with van der Waals surface area (Å²) in [6.45, 7) is 4.41. The van der Waals surface area contributed by atoms with E-state index in [4.69, 9.17) is 9.26 Å². The van der Waals surface area contributed by atoms with Crippen molar-refractivity contribution in [3.8, 4) is 5.75 Å². The SMILES string of the molecule is O=C(c1cc(COc2ccc3ncccc3c2)on1)N1CCCN(Cc2cccs2)CC1. The molecule has 0 saturated carbocycles. The summed E-state index contributed by atoms with van der Waals surface area (Å²) in [6.07, 6.45) is 2.71. The van der Waals surface area contributed by atoms with Crippen LogP contribution in [0.15, 0.2) is 64.6 Å². The average molecular weight is 449 g/mol. The van der Waals surface area contributed by atoms with Crippen molar-refractivity contribution in [1.82, 2.24) is 19.9 Å². The third-order valence-corrected chi connectivity index (χ3v) is 6.43. The molecule has 4 heterocycles. The van der Waals surface area contributed by atoms with Gasteiger partial charge in [-0.1, -0.05) is 17.3 Å². The maximum Gasteiger partial charge on any atom is 0.276 e. The lowest BCUT2D eigenvalue weighted by Crippen LogP contribution is -2.35. The van der Waals surface area contributed by atoms with Gasteiger partial charge in [0.05, 0.1) is 5.52 Å². The summed E-state index contributed by atoms with van der Waals surface area (Å²) in [6, 6.07) is 15.5. The molecule has 32 heavy (non-hydrogen) atoms. The molecule has 1 saturated heterocycles. The van der Waals surface area contributed by atoms with Crippen molar-refractivity contribution in [3.63, 3.8) is 0 Å².